The smallest absolute Gasteiger partial charge is 0.306 e. The van der Waals surface area contributed by atoms with Crippen molar-refractivity contribution in [3.63, 3.8) is 0 Å². The minimum Gasteiger partial charge on any atom is -0.481 e. The van der Waals surface area contributed by atoms with E-state index in [4.69, 9.17) is 14.6 Å². The Labute approximate surface area is 145 Å². The molecule has 130 valence electrons. The van der Waals surface area contributed by atoms with E-state index in [1.807, 2.05) is 30.3 Å². The van der Waals surface area contributed by atoms with Gasteiger partial charge < -0.3 is 19.5 Å². The van der Waals surface area contributed by atoms with Gasteiger partial charge in [-0.15, -0.1) is 0 Å². The number of carboxylic acids is 1. The fraction of sp³-hybridized carbons (Fsp3) is 0.263. The average molecular weight is 341 g/mol. The van der Waals surface area contributed by atoms with Crippen molar-refractivity contribution in [3.8, 4) is 11.5 Å². The van der Waals surface area contributed by atoms with Crippen LogP contribution in [0.1, 0.15) is 16.8 Å². The highest BCUT2D eigenvalue weighted by Gasteiger charge is 2.26. The Morgan fingerprint density at radius 3 is 2.44 bits per heavy atom. The second-order valence-electron chi connectivity index (χ2n) is 5.78. The monoisotopic (exact) mass is 341 g/mol. The van der Waals surface area contributed by atoms with E-state index in [0.29, 0.717) is 24.5 Å². The number of para-hydroxylation sites is 1. The molecule has 2 aromatic carbocycles. The van der Waals surface area contributed by atoms with Crippen molar-refractivity contribution in [1.82, 2.24) is 4.90 Å². The van der Waals surface area contributed by atoms with Crippen molar-refractivity contribution in [1.29, 1.82) is 0 Å². The zero-order valence-corrected chi connectivity index (χ0v) is 13.6. The molecular formula is C19H19NO5. The topological polar surface area (TPSA) is 76.1 Å². The first-order chi connectivity index (χ1) is 12.1. The van der Waals surface area contributed by atoms with Gasteiger partial charge in [-0.2, -0.15) is 0 Å². The van der Waals surface area contributed by atoms with Crippen LogP contribution in [0.3, 0.4) is 0 Å². The van der Waals surface area contributed by atoms with Crippen LogP contribution in [0.2, 0.25) is 0 Å². The highest BCUT2D eigenvalue weighted by molar-refractivity contribution is 5.94. The molecule has 1 aliphatic rings. The van der Waals surface area contributed by atoms with Crippen molar-refractivity contribution < 1.29 is 24.2 Å². The van der Waals surface area contributed by atoms with Gasteiger partial charge in [0.2, 0.25) is 0 Å². The molecule has 0 spiro atoms. The molecule has 6 heteroatoms. The highest BCUT2D eigenvalue weighted by Crippen LogP contribution is 2.22. The first kappa shape index (κ1) is 17.0. The summed E-state index contributed by atoms with van der Waals surface area (Å²) in [5, 5.41) is 8.86. The molecular weight excluding hydrogens is 322 g/mol. The number of nitrogens with zero attached hydrogens (tertiary/aromatic N) is 1. The number of carboxylic acid groups (broad SMARTS) is 1. The number of aliphatic carboxylic acids is 1. The largest absolute Gasteiger partial charge is 0.481 e. The van der Waals surface area contributed by atoms with Crippen molar-refractivity contribution in [2.24, 2.45) is 0 Å². The molecule has 1 heterocycles. The van der Waals surface area contributed by atoms with E-state index in [1.165, 1.54) is 0 Å². The number of benzene rings is 2. The summed E-state index contributed by atoms with van der Waals surface area (Å²) >= 11 is 0. The van der Waals surface area contributed by atoms with Crippen LogP contribution in [-0.2, 0) is 9.53 Å². The average Bonchev–Trinajstić information content (AvgIpc) is 2.62. The number of ether oxygens (including phenoxy) is 2. The minimum atomic E-state index is -0.929. The molecule has 0 saturated carbocycles. The summed E-state index contributed by atoms with van der Waals surface area (Å²) in [6.45, 7) is 1.09. The van der Waals surface area contributed by atoms with Crippen LogP contribution in [-0.4, -0.2) is 47.7 Å². The van der Waals surface area contributed by atoms with Gasteiger partial charge >= 0.3 is 5.97 Å². The maximum absolute atomic E-state index is 12.6. The third-order valence-electron chi connectivity index (χ3n) is 3.91. The molecule has 0 aromatic heterocycles. The number of morpholine rings is 1. The van der Waals surface area contributed by atoms with Crippen molar-refractivity contribution in [3.05, 3.63) is 60.2 Å². The Morgan fingerprint density at radius 2 is 1.76 bits per heavy atom. The number of carbonyl (C=O) groups excluding carboxylic acids is 1. The summed E-state index contributed by atoms with van der Waals surface area (Å²) in [5.74, 6) is 0.311. The molecule has 1 atom stereocenters. The number of hydrogen-bond donors (Lipinski definition) is 1. The lowest BCUT2D eigenvalue weighted by Gasteiger charge is -2.32. The molecule has 0 unspecified atom stereocenters. The molecule has 1 aliphatic heterocycles. The van der Waals surface area contributed by atoms with E-state index in [-0.39, 0.29) is 18.9 Å². The predicted octanol–water partition coefficient (Wildman–Crippen LogP) is 2.79. The Bertz CT molecular complexity index is 729. The maximum atomic E-state index is 12.6. The van der Waals surface area contributed by atoms with Crippen LogP contribution in [0.4, 0.5) is 0 Å². The van der Waals surface area contributed by atoms with Crippen LogP contribution in [0.15, 0.2) is 54.6 Å². The first-order valence-electron chi connectivity index (χ1n) is 8.07. The Balaban J connectivity index is 1.63. The van der Waals surface area contributed by atoms with Crippen molar-refractivity contribution >= 4 is 11.9 Å². The molecule has 0 radical (unpaired) electrons. The summed E-state index contributed by atoms with van der Waals surface area (Å²) in [6, 6.07) is 16.3. The third kappa shape index (κ3) is 4.58. The quantitative estimate of drug-likeness (QED) is 0.905. The molecule has 1 saturated heterocycles. The molecule has 1 fully saturated rings. The standard InChI is InChI=1S/C19H19NO5/c21-18(22)12-17-13-20(10-11-24-17)19(23)14-6-8-16(9-7-14)25-15-4-2-1-3-5-15/h1-9,17H,10-13H2,(H,21,22)/t17-/m0/s1. The van der Waals surface area contributed by atoms with E-state index < -0.39 is 12.1 Å². The first-order valence-corrected chi connectivity index (χ1v) is 8.07. The molecule has 2 aromatic rings. The normalized spacial score (nSPS) is 17.1. The van der Waals surface area contributed by atoms with E-state index >= 15 is 0 Å². The molecule has 1 amide bonds. The van der Waals surface area contributed by atoms with Gasteiger partial charge in [0.15, 0.2) is 0 Å². The number of amides is 1. The Hall–Kier alpha value is -2.86. The lowest BCUT2D eigenvalue weighted by Crippen LogP contribution is -2.46. The lowest BCUT2D eigenvalue weighted by molar-refractivity contribution is -0.141. The van der Waals surface area contributed by atoms with Gasteiger partial charge in [-0.25, -0.2) is 0 Å². The van der Waals surface area contributed by atoms with E-state index in [9.17, 15) is 9.59 Å². The number of hydrogen-bond acceptors (Lipinski definition) is 4. The summed E-state index contributed by atoms with van der Waals surface area (Å²) in [5.41, 5.74) is 0.538. The lowest BCUT2D eigenvalue weighted by atomic mass is 10.1. The van der Waals surface area contributed by atoms with Gasteiger partial charge in [-0.1, -0.05) is 18.2 Å². The van der Waals surface area contributed by atoms with Crippen LogP contribution in [0.5, 0.6) is 11.5 Å². The molecule has 3 rings (SSSR count). The van der Waals surface area contributed by atoms with Gasteiger partial charge in [0.05, 0.1) is 19.1 Å². The SMILES string of the molecule is O=C(O)C[C@H]1CN(C(=O)c2ccc(Oc3ccccc3)cc2)CCO1. The summed E-state index contributed by atoms with van der Waals surface area (Å²) < 4.78 is 11.1. The molecule has 6 nitrogen and oxygen atoms in total. The Kier molecular flexibility index (Phi) is 5.30. The second-order valence-corrected chi connectivity index (χ2v) is 5.78. The summed E-state index contributed by atoms with van der Waals surface area (Å²) in [6.07, 6.45) is -0.566. The van der Waals surface area contributed by atoms with Crippen molar-refractivity contribution in [2.75, 3.05) is 19.7 Å². The molecule has 0 aliphatic carbocycles. The zero-order chi connectivity index (χ0) is 17.6. The van der Waals surface area contributed by atoms with Crippen LogP contribution < -0.4 is 4.74 Å². The fourth-order valence-electron chi connectivity index (χ4n) is 2.69. The number of carbonyl (C=O) groups is 2. The van der Waals surface area contributed by atoms with Gasteiger partial charge in [0.1, 0.15) is 11.5 Å². The Morgan fingerprint density at radius 1 is 1.08 bits per heavy atom. The maximum Gasteiger partial charge on any atom is 0.306 e. The van der Waals surface area contributed by atoms with Crippen LogP contribution in [0.25, 0.3) is 0 Å². The van der Waals surface area contributed by atoms with Gasteiger partial charge in [0.25, 0.3) is 5.91 Å². The third-order valence-corrected chi connectivity index (χ3v) is 3.91. The molecule has 1 N–H and O–H groups in total. The summed E-state index contributed by atoms with van der Waals surface area (Å²) in [7, 11) is 0. The van der Waals surface area contributed by atoms with E-state index in [2.05, 4.69) is 0 Å². The van der Waals surface area contributed by atoms with Gasteiger partial charge in [-0.3, -0.25) is 9.59 Å². The minimum absolute atomic E-state index is 0.104. The van der Waals surface area contributed by atoms with Gasteiger partial charge in [0, 0.05) is 18.7 Å². The zero-order valence-electron chi connectivity index (χ0n) is 13.6. The van der Waals surface area contributed by atoms with Crippen molar-refractivity contribution in [2.45, 2.75) is 12.5 Å². The van der Waals surface area contributed by atoms with E-state index in [0.717, 1.165) is 5.75 Å². The van der Waals surface area contributed by atoms with E-state index in [1.54, 1.807) is 29.2 Å². The second kappa shape index (κ2) is 7.81. The predicted molar refractivity (Wildman–Crippen MR) is 90.9 cm³/mol. The highest BCUT2D eigenvalue weighted by atomic mass is 16.5. The van der Waals surface area contributed by atoms with Gasteiger partial charge in [-0.05, 0) is 36.4 Å². The fourth-order valence-corrected chi connectivity index (χ4v) is 2.69. The summed E-state index contributed by atoms with van der Waals surface area (Å²) in [4.78, 5) is 25.0. The number of rotatable bonds is 5. The molecule has 25 heavy (non-hydrogen) atoms. The van der Waals surface area contributed by atoms with Crippen LogP contribution >= 0.6 is 0 Å². The molecule has 0 bridgehead atoms. The van der Waals surface area contributed by atoms with Crippen LogP contribution in [0, 0.1) is 0 Å².